The molecule has 0 bridgehead atoms. The Morgan fingerprint density at radius 3 is 2.74 bits per heavy atom. The quantitative estimate of drug-likeness (QED) is 0.713. The molecule has 0 amide bonds. The average Bonchev–Trinajstić information content (AvgIpc) is 2.40. The van der Waals surface area contributed by atoms with E-state index in [2.05, 4.69) is 0 Å². The van der Waals surface area contributed by atoms with E-state index in [1.807, 2.05) is 6.92 Å². The van der Waals surface area contributed by atoms with E-state index >= 15 is 0 Å². The number of benzene rings is 2. The van der Waals surface area contributed by atoms with E-state index in [1.165, 1.54) is 12.1 Å². The van der Waals surface area contributed by atoms with Crippen molar-refractivity contribution in [3.05, 3.63) is 63.9 Å². The predicted octanol–water partition coefficient (Wildman–Crippen LogP) is 5.11. The summed E-state index contributed by atoms with van der Waals surface area (Å²) in [5.41, 5.74) is 2.54. The van der Waals surface area contributed by atoms with Crippen molar-refractivity contribution in [3.8, 4) is 5.75 Å². The van der Waals surface area contributed by atoms with Gasteiger partial charge in [-0.05, 0) is 42.3 Å². The van der Waals surface area contributed by atoms with Gasteiger partial charge in [0.25, 0.3) is 0 Å². The molecule has 0 aliphatic heterocycles. The third-order valence-electron chi connectivity index (χ3n) is 2.90. The fourth-order valence-electron chi connectivity index (χ4n) is 1.75. The van der Waals surface area contributed by atoms with E-state index < -0.39 is 0 Å². The van der Waals surface area contributed by atoms with Gasteiger partial charge in [-0.25, -0.2) is 4.39 Å². The van der Waals surface area contributed by atoms with Crippen LogP contribution in [0.2, 0.25) is 5.02 Å². The molecule has 0 atom stereocenters. The molecule has 0 heterocycles. The fourth-order valence-corrected chi connectivity index (χ4v) is 2.33. The lowest BCUT2D eigenvalue weighted by molar-refractivity contribution is 0.302. The maximum atomic E-state index is 13.2. The Hall–Kier alpha value is -1.25. The summed E-state index contributed by atoms with van der Waals surface area (Å²) in [5.74, 6) is 0.635. The first-order chi connectivity index (χ1) is 9.11. The molecule has 0 N–H and O–H groups in total. The largest absolute Gasteiger partial charge is 0.489 e. The number of hydrogen-bond acceptors (Lipinski definition) is 1. The van der Waals surface area contributed by atoms with Crippen molar-refractivity contribution in [2.45, 2.75) is 19.4 Å². The lowest BCUT2D eigenvalue weighted by Crippen LogP contribution is -2.00. The van der Waals surface area contributed by atoms with Crippen LogP contribution in [0.4, 0.5) is 4.39 Å². The average molecular weight is 299 g/mol. The third kappa shape index (κ3) is 3.40. The fraction of sp³-hybridized carbons (Fsp3) is 0.200. The van der Waals surface area contributed by atoms with Crippen molar-refractivity contribution in [1.82, 2.24) is 0 Å². The molecule has 0 aliphatic carbocycles. The molecular formula is C15H13Cl2FO. The van der Waals surface area contributed by atoms with Gasteiger partial charge in [0.05, 0.1) is 5.88 Å². The van der Waals surface area contributed by atoms with Crippen molar-refractivity contribution in [2.24, 2.45) is 0 Å². The summed E-state index contributed by atoms with van der Waals surface area (Å²) >= 11 is 11.9. The second-order valence-corrected chi connectivity index (χ2v) is 4.88. The smallest absolute Gasteiger partial charge is 0.125 e. The van der Waals surface area contributed by atoms with Gasteiger partial charge in [0.2, 0.25) is 0 Å². The molecule has 100 valence electrons. The van der Waals surface area contributed by atoms with Crippen molar-refractivity contribution in [2.75, 3.05) is 0 Å². The molecule has 4 heteroatoms. The van der Waals surface area contributed by atoms with Gasteiger partial charge < -0.3 is 4.74 Å². The minimum Gasteiger partial charge on any atom is -0.489 e. The highest BCUT2D eigenvalue weighted by Crippen LogP contribution is 2.28. The highest BCUT2D eigenvalue weighted by atomic mass is 35.5. The molecule has 0 aliphatic rings. The van der Waals surface area contributed by atoms with Gasteiger partial charge in [0, 0.05) is 10.6 Å². The van der Waals surface area contributed by atoms with Gasteiger partial charge in [0.1, 0.15) is 18.2 Å². The first-order valence-corrected chi connectivity index (χ1v) is 6.74. The normalized spacial score (nSPS) is 10.5. The lowest BCUT2D eigenvalue weighted by atomic mass is 10.1. The van der Waals surface area contributed by atoms with E-state index in [0.29, 0.717) is 10.8 Å². The lowest BCUT2D eigenvalue weighted by Gasteiger charge is -2.12. The molecule has 0 saturated carbocycles. The van der Waals surface area contributed by atoms with E-state index in [-0.39, 0.29) is 18.3 Å². The number of alkyl halides is 1. The van der Waals surface area contributed by atoms with Crippen LogP contribution in [0.15, 0.2) is 36.4 Å². The number of rotatable bonds is 4. The molecule has 2 rings (SSSR count). The molecule has 0 radical (unpaired) electrons. The molecule has 0 unspecified atom stereocenters. The Labute approximate surface area is 121 Å². The van der Waals surface area contributed by atoms with Crippen LogP contribution in [0.25, 0.3) is 0 Å². The van der Waals surface area contributed by atoms with Crippen molar-refractivity contribution in [1.29, 1.82) is 0 Å². The van der Waals surface area contributed by atoms with E-state index in [0.717, 1.165) is 16.7 Å². The van der Waals surface area contributed by atoms with Crippen LogP contribution < -0.4 is 4.74 Å². The van der Waals surface area contributed by atoms with Gasteiger partial charge in [-0.15, -0.1) is 11.6 Å². The molecule has 0 saturated heterocycles. The van der Waals surface area contributed by atoms with Crippen LogP contribution in [-0.2, 0) is 12.5 Å². The van der Waals surface area contributed by atoms with Gasteiger partial charge in [0.15, 0.2) is 0 Å². The van der Waals surface area contributed by atoms with Crippen LogP contribution >= 0.6 is 23.2 Å². The molecular weight excluding hydrogens is 286 g/mol. The van der Waals surface area contributed by atoms with Gasteiger partial charge >= 0.3 is 0 Å². The van der Waals surface area contributed by atoms with Crippen LogP contribution in [0.1, 0.15) is 16.7 Å². The van der Waals surface area contributed by atoms with Crippen LogP contribution in [0.5, 0.6) is 5.75 Å². The number of hydrogen-bond donors (Lipinski definition) is 0. The Bertz CT molecular complexity index is 584. The monoisotopic (exact) mass is 298 g/mol. The van der Waals surface area contributed by atoms with Gasteiger partial charge in [-0.1, -0.05) is 23.7 Å². The summed E-state index contributed by atoms with van der Waals surface area (Å²) in [5, 5.41) is 0.573. The van der Waals surface area contributed by atoms with Crippen LogP contribution in [-0.4, -0.2) is 0 Å². The summed E-state index contributed by atoms with van der Waals surface area (Å²) < 4.78 is 18.9. The number of ether oxygens (including phenoxy) is 1. The van der Waals surface area contributed by atoms with E-state index in [9.17, 15) is 4.39 Å². The van der Waals surface area contributed by atoms with Gasteiger partial charge in [-0.3, -0.25) is 0 Å². The summed E-state index contributed by atoms with van der Waals surface area (Å²) in [6.07, 6.45) is 0. The second kappa shape index (κ2) is 6.27. The molecule has 1 nitrogen and oxygen atoms in total. The molecule has 0 spiro atoms. The van der Waals surface area contributed by atoms with Crippen molar-refractivity contribution < 1.29 is 9.13 Å². The van der Waals surface area contributed by atoms with Gasteiger partial charge in [-0.2, -0.15) is 0 Å². The Morgan fingerprint density at radius 1 is 1.21 bits per heavy atom. The number of aryl methyl sites for hydroxylation is 1. The zero-order valence-corrected chi connectivity index (χ0v) is 11.9. The summed E-state index contributed by atoms with van der Waals surface area (Å²) in [6, 6.07) is 10.0. The number of halogens is 3. The summed E-state index contributed by atoms with van der Waals surface area (Å²) in [4.78, 5) is 0. The molecule has 2 aromatic carbocycles. The molecule has 19 heavy (non-hydrogen) atoms. The summed E-state index contributed by atoms with van der Waals surface area (Å²) in [6.45, 7) is 2.20. The standard InChI is InChI=1S/C15H13Cl2FO/c1-10-5-6-12(18)7-11(10)9-19-15-4-2-3-14(17)13(15)8-16/h2-7H,8-9H2,1H3. The van der Waals surface area contributed by atoms with Crippen LogP contribution in [0, 0.1) is 12.7 Å². The highest BCUT2D eigenvalue weighted by molar-refractivity contribution is 6.32. The first-order valence-electron chi connectivity index (χ1n) is 5.83. The Balaban J connectivity index is 2.19. The maximum absolute atomic E-state index is 13.2. The highest BCUT2D eigenvalue weighted by Gasteiger charge is 2.08. The van der Waals surface area contributed by atoms with Crippen molar-refractivity contribution in [3.63, 3.8) is 0 Å². The van der Waals surface area contributed by atoms with Crippen molar-refractivity contribution >= 4 is 23.2 Å². The predicted molar refractivity (Wildman–Crippen MR) is 76.5 cm³/mol. The topological polar surface area (TPSA) is 9.23 Å². The zero-order valence-electron chi connectivity index (χ0n) is 10.4. The van der Waals surface area contributed by atoms with E-state index in [1.54, 1.807) is 24.3 Å². The second-order valence-electron chi connectivity index (χ2n) is 4.21. The Morgan fingerprint density at radius 2 is 2.00 bits per heavy atom. The SMILES string of the molecule is Cc1ccc(F)cc1COc1cccc(Cl)c1CCl. The molecule has 2 aromatic rings. The Kier molecular flexibility index (Phi) is 4.67. The first kappa shape index (κ1) is 14.2. The van der Waals surface area contributed by atoms with Crippen LogP contribution in [0.3, 0.4) is 0 Å². The third-order valence-corrected chi connectivity index (χ3v) is 3.53. The zero-order chi connectivity index (χ0) is 13.8. The minimum absolute atomic E-state index is 0.270. The minimum atomic E-state index is -0.270. The molecule has 0 aromatic heterocycles. The summed E-state index contributed by atoms with van der Waals surface area (Å²) in [7, 11) is 0. The maximum Gasteiger partial charge on any atom is 0.125 e. The molecule has 0 fully saturated rings. The van der Waals surface area contributed by atoms with E-state index in [4.69, 9.17) is 27.9 Å².